The van der Waals surface area contributed by atoms with Crippen molar-refractivity contribution in [3.05, 3.63) is 0 Å². The van der Waals surface area contributed by atoms with Crippen LogP contribution in [-0.2, 0) is 4.79 Å². The van der Waals surface area contributed by atoms with Crippen LogP contribution in [-0.4, -0.2) is 35.6 Å². The van der Waals surface area contributed by atoms with E-state index < -0.39 is 5.41 Å². The number of piperidine rings is 1. The van der Waals surface area contributed by atoms with Crippen molar-refractivity contribution in [2.45, 2.75) is 51.4 Å². The molecule has 1 heterocycles. The first-order chi connectivity index (χ1) is 9.22. The Kier molecular flexibility index (Phi) is 4.81. The normalized spacial score (nSPS) is 24.5. The number of hydrogen-bond acceptors (Lipinski definition) is 3. The Balaban J connectivity index is 2.02. The fourth-order valence-corrected chi connectivity index (χ4v) is 3.33. The molecule has 1 saturated carbocycles. The lowest BCUT2D eigenvalue weighted by atomic mass is 9.79. The fourth-order valence-electron chi connectivity index (χ4n) is 3.33. The molecule has 0 aromatic heterocycles. The second-order valence-corrected chi connectivity index (χ2v) is 6.03. The molecule has 1 aliphatic heterocycles. The van der Waals surface area contributed by atoms with Gasteiger partial charge in [-0.2, -0.15) is 5.26 Å². The summed E-state index contributed by atoms with van der Waals surface area (Å²) in [6.07, 6.45) is 7.45. The Labute approximate surface area is 115 Å². The SMILES string of the molecule is N#CC1(C(=O)N2CCC(CO)CC2)CCCCCC1. The van der Waals surface area contributed by atoms with Crippen LogP contribution >= 0.6 is 0 Å². The van der Waals surface area contributed by atoms with Crippen LogP contribution < -0.4 is 0 Å². The third-order valence-electron chi connectivity index (χ3n) is 4.74. The Hall–Kier alpha value is -1.08. The van der Waals surface area contributed by atoms with Crippen LogP contribution in [0.3, 0.4) is 0 Å². The number of aliphatic hydroxyl groups excluding tert-OH is 1. The molecule has 1 N–H and O–H groups in total. The summed E-state index contributed by atoms with van der Waals surface area (Å²) in [5.74, 6) is 0.379. The average Bonchev–Trinajstić information content (AvgIpc) is 2.73. The molecule has 0 radical (unpaired) electrons. The van der Waals surface area contributed by atoms with Crippen molar-refractivity contribution in [3.8, 4) is 6.07 Å². The molecule has 0 spiro atoms. The number of likely N-dealkylation sites (tertiary alicyclic amines) is 1. The minimum atomic E-state index is -0.761. The third kappa shape index (κ3) is 3.09. The number of rotatable bonds is 2. The number of aliphatic hydroxyl groups is 1. The highest BCUT2D eigenvalue weighted by Crippen LogP contribution is 2.37. The number of amides is 1. The van der Waals surface area contributed by atoms with Crippen molar-refractivity contribution in [3.63, 3.8) is 0 Å². The van der Waals surface area contributed by atoms with Gasteiger partial charge < -0.3 is 10.0 Å². The molecule has 4 heteroatoms. The van der Waals surface area contributed by atoms with E-state index in [-0.39, 0.29) is 12.5 Å². The maximum Gasteiger partial charge on any atom is 0.243 e. The summed E-state index contributed by atoms with van der Waals surface area (Å²) < 4.78 is 0. The second kappa shape index (κ2) is 6.38. The van der Waals surface area contributed by atoms with E-state index in [4.69, 9.17) is 5.11 Å². The summed E-state index contributed by atoms with van der Waals surface area (Å²) in [6.45, 7) is 1.62. The highest BCUT2D eigenvalue weighted by atomic mass is 16.3. The number of nitriles is 1. The number of carbonyl (C=O) groups excluding carboxylic acids is 1. The first-order valence-corrected chi connectivity index (χ1v) is 7.53. The van der Waals surface area contributed by atoms with Crippen LogP contribution in [0.2, 0.25) is 0 Å². The quantitative estimate of drug-likeness (QED) is 0.777. The fraction of sp³-hybridized carbons (Fsp3) is 0.867. The van der Waals surface area contributed by atoms with E-state index in [0.717, 1.165) is 51.4 Å². The van der Waals surface area contributed by atoms with E-state index in [2.05, 4.69) is 6.07 Å². The van der Waals surface area contributed by atoms with Crippen molar-refractivity contribution in [2.75, 3.05) is 19.7 Å². The Morgan fingerprint density at radius 1 is 1.21 bits per heavy atom. The van der Waals surface area contributed by atoms with Gasteiger partial charge >= 0.3 is 0 Å². The third-order valence-corrected chi connectivity index (χ3v) is 4.74. The molecule has 19 heavy (non-hydrogen) atoms. The predicted molar refractivity (Wildman–Crippen MR) is 72.1 cm³/mol. The van der Waals surface area contributed by atoms with Gasteiger partial charge in [-0.05, 0) is 31.6 Å². The smallest absolute Gasteiger partial charge is 0.243 e. The van der Waals surface area contributed by atoms with E-state index in [1.54, 1.807) is 0 Å². The molecule has 0 aromatic carbocycles. The zero-order chi connectivity index (χ0) is 13.7. The summed E-state index contributed by atoms with van der Waals surface area (Å²) >= 11 is 0. The van der Waals surface area contributed by atoms with Gasteiger partial charge in [0.15, 0.2) is 0 Å². The highest BCUT2D eigenvalue weighted by molar-refractivity contribution is 5.85. The zero-order valence-electron chi connectivity index (χ0n) is 11.6. The molecule has 2 aliphatic rings. The lowest BCUT2D eigenvalue weighted by Gasteiger charge is -2.36. The van der Waals surface area contributed by atoms with Gasteiger partial charge in [-0.25, -0.2) is 0 Å². The summed E-state index contributed by atoms with van der Waals surface area (Å²) in [7, 11) is 0. The molecule has 1 amide bonds. The number of hydrogen-bond donors (Lipinski definition) is 1. The predicted octanol–water partition coefficient (Wildman–Crippen LogP) is 2.08. The molecule has 0 unspecified atom stereocenters. The molecule has 2 rings (SSSR count). The van der Waals surface area contributed by atoms with Crippen LogP contribution in [0.25, 0.3) is 0 Å². The summed E-state index contributed by atoms with van der Waals surface area (Å²) in [6, 6.07) is 2.34. The van der Waals surface area contributed by atoms with Gasteiger partial charge in [0.1, 0.15) is 5.41 Å². The van der Waals surface area contributed by atoms with E-state index in [1.807, 2.05) is 4.90 Å². The van der Waals surface area contributed by atoms with Crippen LogP contribution in [0.5, 0.6) is 0 Å². The maximum atomic E-state index is 12.7. The van der Waals surface area contributed by atoms with E-state index in [0.29, 0.717) is 19.0 Å². The van der Waals surface area contributed by atoms with Crippen LogP contribution in [0.15, 0.2) is 0 Å². The Bertz CT molecular complexity index is 346. The molecule has 2 fully saturated rings. The molecular weight excluding hydrogens is 240 g/mol. The largest absolute Gasteiger partial charge is 0.396 e. The first kappa shape index (κ1) is 14.3. The molecule has 4 nitrogen and oxygen atoms in total. The maximum absolute atomic E-state index is 12.7. The molecule has 0 bridgehead atoms. The molecule has 106 valence electrons. The molecular formula is C15H24N2O2. The highest BCUT2D eigenvalue weighted by Gasteiger charge is 2.42. The minimum absolute atomic E-state index is 0.0493. The molecule has 0 aromatic rings. The summed E-state index contributed by atoms with van der Waals surface area (Å²) in [5.41, 5.74) is -0.761. The van der Waals surface area contributed by atoms with E-state index in [9.17, 15) is 10.1 Å². The standard InChI is InChI=1S/C15H24N2O2/c16-12-15(7-3-1-2-4-8-15)14(19)17-9-5-13(11-18)6-10-17/h13,18H,1-11H2. The first-order valence-electron chi connectivity index (χ1n) is 7.53. The second-order valence-electron chi connectivity index (χ2n) is 6.03. The van der Waals surface area contributed by atoms with Gasteiger partial charge in [-0.15, -0.1) is 0 Å². The van der Waals surface area contributed by atoms with Crippen molar-refractivity contribution in [2.24, 2.45) is 11.3 Å². The molecule has 0 atom stereocenters. The summed E-state index contributed by atoms with van der Waals surface area (Å²) in [4.78, 5) is 14.6. The number of nitrogens with zero attached hydrogens (tertiary/aromatic N) is 2. The van der Waals surface area contributed by atoms with Gasteiger partial charge in [-0.3, -0.25) is 4.79 Å². The minimum Gasteiger partial charge on any atom is -0.396 e. The lowest BCUT2D eigenvalue weighted by molar-refractivity contribution is -0.141. The van der Waals surface area contributed by atoms with E-state index in [1.165, 1.54) is 0 Å². The number of carbonyl (C=O) groups is 1. The average molecular weight is 264 g/mol. The van der Waals surface area contributed by atoms with Gasteiger partial charge in [0.2, 0.25) is 5.91 Å². The van der Waals surface area contributed by atoms with Gasteiger partial charge in [-0.1, -0.05) is 25.7 Å². The monoisotopic (exact) mass is 264 g/mol. The lowest BCUT2D eigenvalue weighted by Crippen LogP contribution is -2.47. The van der Waals surface area contributed by atoms with Crippen LogP contribution in [0, 0.1) is 22.7 Å². The Morgan fingerprint density at radius 2 is 1.79 bits per heavy atom. The van der Waals surface area contributed by atoms with Crippen molar-refractivity contribution < 1.29 is 9.90 Å². The van der Waals surface area contributed by atoms with Crippen molar-refractivity contribution in [1.82, 2.24) is 4.90 Å². The Morgan fingerprint density at radius 3 is 2.26 bits per heavy atom. The molecule has 1 aliphatic carbocycles. The van der Waals surface area contributed by atoms with Gasteiger partial charge in [0, 0.05) is 19.7 Å². The van der Waals surface area contributed by atoms with E-state index >= 15 is 0 Å². The van der Waals surface area contributed by atoms with Crippen molar-refractivity contribution in [1.29, 1.82) is 5.26 Å². The van der Waals surface area contributed by atoms with Gasteiger partial charge in [0.05, 0.1) is 6.07 Å². The summed E-state index contributed by atoms with van der Waals surface area (Å²) in [5, 5.41) is 18.7. The molecule has 1 saturated heterocycles. The zero-order valence-corrected chi connectivity index (χ0v) is 11.6. The van der Waals surface area contributed by atoms with Gasteiger partial charge in [0.25, 0.3) is 0 Å². The van der Waals surface area contributed by atoms with Crippen LogP contribution in [0.1, 0.15) is 51.4 Å². The van der Waals surface area contributed by atoms with Crippen molar-refractivity contribution >= 4 is 5.91 Å². The topological polar surface area (TPSA) is 64.3 Å². The van der Waals surface area contributed by atoms with Crippen LogP contribution in [0.4, 0.5) is 0 Å².